The van der Waals surface area contributed by atoms with Crippen LogP contribution in [0.15, 0.2) is 24.3 Å². The summed E-state index contributed by atoms with van der Waals surface area (Å²) in [6, 6.07) is 9.15. The van der Waals surface area contributed by atoms with Crippen LogP contribution >= 0.6 is 0 Å². The molecule has 0 spiro atoms. The molecule has 2 aliphatic heterocycles. The summed E-state index contributed by atoms with van der Waals surface area (Å²) >= 11 is 0. The molecule has 0 radical (unpaired) electrons. The van der Waals surface area contributed by atoms with Gasteiger partial charge in [-0.3, -0.25) is 4.90 Å². The van der Waals surface area contributed by atoms with Gasteiger partial charge in [-0.1, -0.05) is 19.1 Å². The van der Waals surface area contributed by atoms with Crippen LogP contribution in [0.3, 0.4) is 0 Å². The van der Waals surface area contributed by atoms with Crippen molar-refractivity contribution in [3.63, 3.8) is 0 Å². The van der Waals surface area contributed by atoms with E-state index in [4.69, 9.17) is 0 Å². The number of piperidine rings is 2. The molecule has 2 heterocycles. The molecule has 0 amide bonds. The number of nitrogens with zero attached hydrogens (tertiary/aromatic N) is 2. The molecule has 0 aliphatic carbocycles. The average Bonchev–Trinajstić information content (AvgIpc) is 2.56. The van der Waals surface area contributed by atoms with Crippen LogP contribution < -0.4 is 4.90 Å². The number of aliphatic hydroxyl groups is 1. The summed E-state index contributed by atoms with van der Waals surface area (Å²) in [5.41, 5.74) is 2.86. The fourth-order valence-electron chi connectivity index (χ4n) is 3.91. The Balaban J connectivity index is 1.58. The molecule has 0 saturated carbocycles. The van der Waals surface area contributed by atoms with Crippen LogP contribution in [0.25, 0.3) is 0 Å². The van der Waals surface area contributed by atoms with Crippen molar-refractivity contribution in [1.82, 2.24) is 4.90 Å². The Morgan fingerprint density at radius 1 is 1.00 bits per heavy atom. The highest BCUT2D eigenvalue weighted by atomic mass is 16.3. The number of aliphatic hydroxyl groups excluding tert-OH is 1. The van der Waals surface area contributed by atoms with Crippen molar-refractivity contribution in [2.24, 2.45) is 5.41 Å². The summed E-state index contributed by atoms with van der Waals surface area (Å²) in [4.78, 5) is 5.01. The molecule has 0 bridgehead atoms. The van der Waals surface area contributed by atoms with Gasteiger partial charge in [0.25, 0.3) is 0 Å². The summed E-state index contributed by atoms with van der Waals surface area (Å²) in [6.07, 6.45) is 6.38. The minimum Gasteiger partial charge on any atom is -0.396 e. The quantitative estimate of drug-likeness (QED) is 0.924. The molecule has 3 nitrogen and oxygen atoms in total. The lowest BCUT2D eigenvalue weighted by molar-refractivity contribution is 0.0429. The van der Waals surface area contributed by atoms with E-state index in [0.717, 1.165) is 26.1 Å². The van der Waals surface area contributed by atoms with Crippen molar-refractivity contribution >= 4 is 5.69 Å². The first-order valence-electron chi connectivity index (χ1n) is 8.86. The van der Waals surface area contributed by atoms with Crippen LogP contribution in [0, 0.1) is 5.41 Å². The average molecular weight is 302 g/mol. The largest absolute Gasteiger partial charge is 0.396 e. The molecule has 22 heavy (non-hydrogen) atoms. The molecule has 1 aromatic rings. The standard InChI is InChI=1S/C19H30N2O/c1-19(16-22)10-5-11-20(15-19)14-17-6-8-18(9-7-17)21-12-3-2-4-13-21/h6-9,22H,2-5,10-16H2,1H3. The summed E-state index contributed by atoms with van der Waals surface area (Å²) in [5.74, 6) is 0. The topological polar surface area (TPSA) is 26.7 Å². The van der Waals surface area contributed by atoms with Gasteiger partial charge in [0.05, 0.1) is 0 Å². The first-order valence-corrected chi connectivity index (χ1v) is 8.86. The van der Waals surface area contributed by atoms with Gasteiger partial charge in [-0.25, -0.2) is 0 Å². The zero-order chi connectivity index (χ0) is 15.4. The van der Waals surface area contributed by atoms with Crippen LogP contribution in [-0.4, -0.2) is 42.8 Å². The minimum absolute atomic E-state index is 0.0893. The van der Waals surface area contributed by atoms with E-state index in [1.54, 1.807) is 0 Å². The Morgan fingerprint density at radius 3 is 2.41 bits per heavy atom. The van der Waals surface area contributed by atoms with E-state index in [2.05, 4.69) is 41.0 Å². The molecule has 1 aromatic carbocycles. The molecule has 2 saturated heterocycles. The number of hydrogen-bond acceptors (Lipinski definition) is 3. The van der Waals surface area contributed by atoms with Crippen molar-refractivity contribution < 1.29 is 5.11 Å². The molecule has 2 aliphatic rings. The highest BCUT2D eigenvalue weighted by molar-refractivity contribution is 5.47. The Hall–Kier alpha value is -1.06. The monoisotopic (exact) mass is 302 g/mol. The first-order chi connectivity index (χ1) is 10.7. The number of rotatable bonds is 4. The molecule has 2 fully saturated rings. The fourth-order valence-corrected chi connectivity index (χ4v) is 3.91. The minimum atomic E-state index is 0.0893. The Morgan fingerprint density at radius 2 is 1.73 bits per heavy atom. The Labute approximate surface area is 134 Å². The number of anilines is 1. The van der Waals surface area contributed by atoms with Gasteiger partial charge in [-0.15, -0.1) is 0 Å². The molecule has 0 aromatic heterocycles. The third kappa shape index (κ3) is 3.82. The Bertz CT molecular complexity index is 467. The zero-order valence-electron chi connectivity index (χ0n) is 13.9. The lowest BCUT2D eigenvalue weighted by Crippen LogP contribution is -2.43. The highest BCUT2D eigenvalue weighted by Gasteiger charge is 2.30. The van der Waals surface area contributed by atoms with E-state index in [1.165, 1.54) is 50.0 Å². The molecule has 1 unspecified atom stereocenters. The fraction of sp³-hybridized carbons (Fsp3) is 0.684. The second-order valence-corrected chi connectivity index (χ2v) is 7.50. The predicted molar refractivity (Wildman–Crippen MR) is 92.2 cm³/mol. The maximum absolute atomic E-state index is 9.58. The molecular weight excluding hydrogens is 272 g/mol. The SMILES string of the molecule is CC1(CO)CCCN(Cc2ccc(N3CCCCC3)cc2)C1. The van der Waals surface area contributed by atoms with Crippen LogP contribution in [-0.2, 0) is 6.54 Å². The molecule has 1 atom stereocenters. The first kappa shape index (κ1) is 15.8. The zero-order valence-corrected chi connectivity index (χ0v) is 13.9. The summed E-state index contributed by atoms with van der Waals surface area (Å²) < 4.78 is 0. The molecule has 1 N–H and O–H groups in total. The highest BCUT2D eigenvalue weighted by Crippen LogP contribution is 2.29. The van der Waals surface area contributed by atoms with Gasteiger partial charge in [0, 0.05) is 43.9 Å². The third-order valence-electron chi connectivity index (χ3n) is 5.31. The van der Waals surface area contributed by atoms with Crippen molar-refractivity contribution in [3.05, 3.63) is 29.8 Å². The van der Waals surface area contributed by atoms with Crippen LogP contribution in [0.4, 0.5) is 5.69 Å². The van der Waals surface area contributed by atoms with Crippen LogP contribution in [0.5, 0.6) is 0 Å². The van der Waals surface area contributed by atoms with E-state index < -0.39 is 0 Å². The summed E-state index contributed by atoms with van der Waals surface area (Å²) in [7, 11) is 0. The molecular formula is C19H30N2O. The van der Waals surface area contributed by atoms with E-state index >= 15 is 0 Å². The van der Waals surface area contributed by atoms with Gasteiger partial charge < -0.3 is 10.0 Å². The van der Waals surface area contributed by atoms with Crippen molar-refractivity contribution in [2.45, 2.75) is 45.6 Å². The van der Waals surface area contributed by atoms with Crippen molar-refractivity contribution in [3.8, 4) is 0 Å². The number of likely N-dealkylation sites (tertiary alicyclic amines) is 1. The van der Waals surface area contributed by atoms with E-state index in [0.29, 0.717) is 6.61 Å². The maximum atomic E-state index is 9.58. The smallest absolute Gasteiger partial charge is 0.0497 e. The summed E-state index contributed by atoms with van der Waals surface area (Å²) in [6.45, 7) is 8.10. The van der Waals surface area contributed by atoms with E-state index in [-0.39, 0.29) is 5.41 Å². The second kappa shape index (κ2) is 7.01. The molecule has 3 heteroatoms. The Kier molecular flexibility index (Phi) is 5.04. The van der Waals surface area contributed by atoms with Gasteiger partial charge >= 0.3 is 0 Å². The van der Waals surface area contributed by atoms with Gasteiger partial charge in [-0.2, -0.15) is 0 Å². The number of benzene rings is 1. The van der Waals surface area contributed by atoms with Gasteiger partial charge in [0.2, 0.25) is 0 Å². The lowest BCUT2D eigenvalue weighted by atomic mass is 9.82. The van der Waals surface area contributed by atoms with Crippen LogP contribution in [0.2, 0.25) is 0 Å². The van der Waals surface area contributed by atoms with Crippen molar-refractivity contribution in [2.75, 3.05) is 37.7 Å². The van der Waals surface area contributed by atoms with Gasteiger partial charge in [-0.05, 0) is 56.3 Å². The maximum Gasteiger partial charge on any atom is 0.0497 e. The lowest BCUT2D eigenvalue weighted by Gasteiger charge is -2.39. The molecule has 122 valence electrons. The van der Waals surface area contributed by atoms with E-state index in [1.807, 2.05) is 0 Å². The molecule has 3 rings (SSSR count). The predicted octanol–water partition coefficient (Wildman–Crippen LogP) is 3.27. The van der Waals surface area contributed by atoms with Gasteiger partial charge in [0.1, 0.15) is 0 Å². The van der Waals surface area contributed by atoms with Gasteiger partial charge in [0.15, 0.2) is 0 Å². The van der Waals surface area contributed by atoms with Crippen LogP contribution in [0.1, 0.15) is 44.6 Å². The second-order valence-electron chi connectivity index (χ2n) is 7.50. The van der Waals surface area contributed by atoms with Crippen molar-refractivity contribution in [1.29, 1.82) is 0 Å². The van der Waals surface area contributed by atoms with E-state index in [9.17, 15) is 5.11 Å². The normalized spacial score (nSPS) is 27.1. The summed E-state index contributed by atoms with van der Waals surface area (Å²) in [5, 5.41) is 9.58. The third-order valence-corrected chi connectivity index (χ3v) is 5.31. The number of hydrogen-bond donors (Lipinski definition) is 1.